The summed E-state index contributed by atoms with van der Waals surface area (Å²) >= 11 is 0. The molecular formula is C30H32FN3O5S. The van der Waals surface area contributed by atoms with E-state index in [1.165, 1.54) is 29.2 Å². The van der Waals surface area contributed by atoms with Gasteiger partial charge in [0.1, 0.15) is 16.8 Å². The van der Waals surface area contributed by atoms with Crippen LogP contribution in [0.3, 0.4) is 0 Å². The predicted molar refractivity (Wildman–Crippen MR) is 148 cm³/mol. The molecule has 0 saturated heterocycles. The number of sulfonamides is 1. The molecule has 0 saturated carbocycles. The van der Waals surface area contributed by atoms with Crippen LogP contribution in [0.4, 0.5) is 4.39 Å². The van der Waals surface area contributed by atoms with Crippen molar-refractivity contribution in [1.29, 1.82) is 0 Å². The summed E-state index contributed by atoms with van der Waals surface area (Å²) in [5, 5.41) is 2.90. The molecule has 1 heterocycles. The Hall–Kier alpha value is -4.05. The summed E-state index contributed by atoms with van der Waals surface area (Å²) in [6.45, 7) is 3.53. The molecule has 3 aromatic rings. The number of carbonyl (C=O) groups excluding carboxylic acids is 3. The molecule has 8 nitrogen and oxygen atoms in total. The minimum Gasteiger partial charge on any atom is -0.352 e. The number of nitrogens with zero attached hydrogens (tertiary/aromatic N) is 2. The lowest BCUT2D eigenvalue weighted by molar-refractivity contribution is -0.141. The Morgan fingerprint density at radius 1 is 0.925 bits per heavy atom. The first kappa shape index (κ1) is 28.9. The molecule has 0 bridgehead atoms. The average Bonchev–Trinajstić information content (AvgIpc) is 3.12. The smallest absolute Gasteiger partial charge is 0.269 e. The predicted octanol–water partition coefficient (Wildman–Crippen LogP) is 3.92. The number of rotatable bonds is 11. The number of hydrogen-bond acceptors (Lipinski definition) is 5. The minimum absolute atomic E-state index is 0.0439. The summed E-state index contributed by atoms with van der Waals surface area (Å²) in [7, 11) is -3.99. The number of benzene rings is 3. The summed E-state index contributed by atoms with van der Waals surface area (Å²) in [6.07, 6.45) is 0.222. The van der Waals surface area contributed by atoms with Crippen LogP contribution in [0.15, 0.2) is 83.8 Å². The second-order valence-electron chi connectivity index (χ2n) is 10.00. The molecule has 3 aromatic carbocycles. The van der Waals surface area contributed by atoms with Crippen LogP contribution in [-0.2, 0) is 32.6 Å². The van der Waals surface area contributed by atoms with E-state index in [1.807, 2.05) is 44.2 Å². The zero-order chi connectivity index (χ0) is 28.9. The molecule has 0 fully saturated rings. The van der Waals surface area contributed by atoms with E-state index in [4.69, 9.17) is 0 Å². The molecule has 40 heavy (non-hydrogen) atoms. The molecule has 1 unspecified atom stereocenters. The molecule has 1 aliphatic rings. The Bertz CT molecular complexity index is 1480. The molecule has 1 N–H and O–H groups in total. The fourth-order valence-corrected chi connectivity index (χ4v) is 6.30. The first-order valence-corrected chi connectivity index (χ1v) is 14.6. The standard InChI is InChI=1S/C30H32FN3O5S/c1-21(2)32-29(36)26(19-22-9-4-3-5-10-22)33(20-23-14-16-24(31)17-15-23)28(35)13-8-18-34-30(37)25-11-6-7-12-27(25)40(34,38)39/h3-7,9-12,14-17,21,26H,8,13,18-20H2,1-2H3,(H,32,36). The maximum Gasteiger partial charge on any atom is 0.269 e. The van der Waals surface area contributed by atoms with E-state index in [9.17, 15) is 27.2 Å². The maximum atomic E-state index is 13.7. The van der Waals surface area contributed by atoms with Crippen LogP contribution in [0.5, 0.6) is 0 Å². The van der Waals surface area contributed by atoms with Crippen molar-refractivity contribution in [2.24, 2.45) is 0 Å². The molecular weight excluding hydrogens is 533 g/mol. The van der Waals surface area contributed by atoms with Gasteiger partial charge in [-0.1, -0.05) is 54.6 Å². The molecule has 0 radical (unpaired) electrons. The quantitative estimate of drug-likeness (QED) is 0.380. The zero-order valence-corrected chi connectivity index (χ0v) is 23.2. The first-order valence-electron chi connectivity index (χ1n) is 13.1. The molecule has 0 aromatic heterocycles. The first-order chi connectivity index (χ1) is 19.1. The Labute approximate surface area is 233 Å². The van der Waals surface area contributed by atoms with Crippen molar-refractivity contribution >= 4 is 27.7 Å². The molecule has 3 amide bonds. The number of halogens is 1. The highest BCUT2D eigenvalue weighted by molar-refractivity contribution is 7.90. The van der Waals surface area contributed by atoms with Gasteiger partial charge < -0.3 is 10.2 Å². The number of amides is 3. The molecule has 4 rings (SSSR count). The van der Waals surface area contributed by atoms with Gasteiger partial charge in [-0.25, -0.2) is 17.1 Å². The van der Waals surface area contributed by atoms with Crippen molar-refractivity contribution in [2.75, 3.05) is 6.54 Å². The normalized spacial score (nSPS) is 14.6. The second-order valence-corrected chi connectivity index (χ2v) is 11.8. The third-order valence-electron chi connectivity index (χ3n) is 6.63. The fraction of sp³-hybridized carbons (Fsp3) is 0.300. The largest absolute Gasteiger partial charge is 0.352 e. The van der Waals surface area contributed by atoms with Crippen LogP contribution < -0.4 is 5.32 Å². The third-order valence-corrected chi connectivity index (χ3v) is 8.47. The number of hydrogen-bond donors (Lipinski definition) is 1. The van der Waals surface area contributed by atoms with Gasteiger partial charge in [0.05, 0.1) is 5.56 Å². The van der Waals surface area contributed by atoms with Gasteiger partial charge in [0, 0.05) is 32.0 Å². The van der Waals surface area contributed by atoms with Crippen LogP contribution >= 0.6 is 0 Å². The molecule has 1 aliphatic heterocycles. The van der Waals surface area contributed by atoms with E-state index in [-0.39, 0.29) is 60.7 Å². The van der Waals surface area contributed by atoms with E-state index in [2.05, 4.69) is 5.32 Å². The van der Waals surface area contributed by atoms with Crippen molar-refractivity contribution in [3.8, 4) is 0 Å². The van der Waals surface area contributed by atoms with Crippen LogP contribution in [0, 0.1) is 5.82 Å². The fourth-order valence-electron chi connectivity index (χ4n) is 4.69. The highest BCUT2D eigenvalue weighted by atomic mass is 32.2. The van der Waals surface area contributed by atoms with E-state index >= 15 is 0 Å². The summed E-state index contributed by atoms with van der Waals surface area (Å²) < 4.78 is 40.2. The lowest BCUT2D eigenvalue weighted by Gasteiger charge is -2.32. The monoisotopic (exact) mass is 565 g/mol. The van der Waals surface area contributed by atoms with Crippen molar-refractivity contribution in [3.05, 3.63) is 101 Å². The Balaban J connectivity index is 1.56. The molecule has 1 atom stereocenters. The Morgan fingerprint density at radius 2 is 1.57 bits per heavy atom. The lowest BCUT2D eigenvalue weighted by Crippen LogP contribution is -2.51. The van der Waals surface area contributed by atoms with E-state index in [0.717, 1.165) is 9.87 Å². The van der Waals surface area contributed by atoms with Gasteiger partial charge in [0.15, 0.2) is 0 Å². The van der Waals surface area contributed by atoms with Crippen LogP contribution in [0.2, 0.25) is 0 Å². The summed E-state index contributed by atoms with van der Waals surface area (Å²) in [4.78, 5) is 41.2. The van der Waals surface area contributed by atoms with E-state index < -0.39 is 27.8 Å². The van der Waals surface area contributed by atoms with Gasteiger partial charge in [-0.15, -0.1) is 0 Å². The van der Waals surface area contributed by atoms with Gasteiger partial charge in [0.25, 0.3) is 15.9 Å². The van der Waals surface area contributed by atoms with Gasteiger partial charge in [-0.05, 0) is 55.7 Å². The maximum absolute atomic E-state index is 13.7. The van der Waals surface area contributed by atoms with Gasteiger partial charge >= 0.3 is 0 Å². The molecule has 0 spiro atoms. The Morgan fingerprint density at radius 3 is 2.23 bits per heavy atom. The summed E-state index contributed by atoms with van der Waals surface area (Å²) in [5.41, 5.74) is 1.60. The van der Waals surface area contributed by atoms with Crippen molar-refractivity contribution in [3.63, 3.8) is 0 Å². The number of carbonyl (C=O) groups is 3. The summed E-state index contributed by atoms with van der Waals surface area (Å²) in [5.74, 6) is -1.75. The number of fused-ring (bicyclic) bond motifs is 1. The Kier molecular flexibility index (Phi) is 8.99. The minimum atomic E-state index is -3.99. The summed E-state index contributed by atoms with van der Waals surface area (Å²) in [6, 6.07) is 20.0. The number of nitrogens with one attached hydrogen (secondary N) is 1. The van der Waals surface area contributed by atoms with Crippen molar-refractivity contribution in [1.82, 2.24) is 14.5 Å². The topological polar surface area (TPSA) is 104 Å². The lowest BCUT2D eigenvalue weighted by atomic mass is 10.0. The third kappa shape index (κ3) is 6.56. The van der Waals surface area contributed by atoms with Crippen LogP contribution in [-0.4, -0.2) is 54.0 Å². The zero-order valence-electron chi connectivity index (χ0n) is 22.4. The van der Waals surface area contributed by atoms with Crippen LogP contribution in [0.1, 0.15) is 48.2 Å². The van der Waals surface area contributed by atoms with Crippen molar-refractivity contribution in [2.45, 2.75) is 56.6 Å². The second kappa shape index (κ2) is 12.4. The average molecular weight is 566 g/mol. The molecule has 10 heteroatoms. The van der Waals surface area contributed by atoms with Crippen molar-refractivity contribution < 1.29 is 27.2 Å². The van der Waals surface area contributed by atoms with Gasteiger partial charge in [0.2, 0.25) is 11.8 Å². The van der Waals surface area contributed by atoms with Crippen LogP contribution in [0.25, 0.3) is 0 Å². The highest BCUT2D eigenvalue weighted by Crippen LogP contribution is 2.30. The molecule has 210 valence electrons. The van der Waals surface area contributed by atoms with E-state index in [0.29, 0.717) is 5.56 Å². The SMILES string of the molecule is CC(C)NC(=O)C(Cc1ccccc1)N(Cc1ccc(F)cc1)C(=O)CCCN1C(=O)c2ccccc2S1(=O)=O. The van der Waals surface area contributed by atoms with E-state index in [1.54, 1.807) is 24.3 Å². The van der Waals surface area contributed by atoms with Gasteiger partial charge in [-0.2, -0.15) is 0 Å². The molecule has 0 aliphatic carbocycles. The van der Waals surface area contributed by atoms with Gasteiger partial charge in [-0.3, -0.25) is 14.4 Å². The highest BCUT2D eigenvalue weighted by Gasteiger charge is 2.40.